The molecule has 0 bridgehead atoms. The van der Waals surface area contributed by atoms with Crippen molar-refractivity contribution < 1.29 is 26.7 Å². The number of sulfonamides is 1. The molecule has 1 aliphatic rings. The minimum atomic E-state index is -4.74. The van der Waals surface area contributed by atoms with Crippen molar-refractivity contribution in [3.05, 3.63) is 29.8 Å². The van der Waals surface area contributed by atoms with Gasteiger partial charge in [-0.1, -0.05) is 18.6 Å². The van der Waals surface area contributed by atoms with Gasteiger partial charge in [-0.3, -0.25) is 0 Å². The van der Waals surface area contributed by atoms with Crippen LogP contribution in [-0.4, -0.2) is 26.2 Å². The lowest BCUT2D eigenvalue weighted by atomic mass is 10.1. The smallest absolute Gasteiger partial charge is 0.393 e. The van der Waals surface area contributed by atoms with Crippen molar-refractivity contribution in [2.45, 2.75) is 36.4 Å². The number of benzene rings is 1. The maximum Gasteiger partial charge on any atom is 0.417 e. The van der Waals surface area contributed by atoms with E-state index in [4.69, 9.17) is 0 Å². The average molecular weight is 323 g/mol. The van der Waals surface area contributed by atoms with Gasteiger partial charge in [0.2, 0.25) is 10.0 Å². The molecule has 1 fully saturated rings. The molecule has 0 saturated heterocycles. The van der Waals surface area contributed by atoms with Crippen LogP contribution in [0.25, 0.3) is 0 Å². The molecule has 0 spiro atoms. The summed E-state index contributed by atoms with van der Waals surface area (Å²) in [7, 11) is -4.27. The minimum absolute atomic E-state index is 0.0598. The number of halogens is 3. The normalized spacial score (nSPS) is 23.4. The summed E-state index contributed by atoms with van der Waals surface area (Å²) in [6, 6.07) is 4.05. The van der Waals surface area contributed by atoms with Crippen molar-refractivity contribution in [3.63, 3.8) is 0 Å². The highest BCUT2D eigenvalue weighted by atomic mass is 32.2. The highest BCUT2D eigenvalue weighted by Crippen LogP contribution is 2.34. The maximum atomic E-state index is 12.8. The Morgan fingerprint density at radius 2 is 1.90 bits per heavy atom. The zero-order valence-corrected chi connectivity index (χ0v) is 11.9. The molecule has 4 nitrogen and oxygen atoms in total. The van der Waals surface area contributed by atoms with E-state index in [0.717, 1.165) is 24.6 Å². The van der Waals surface area contributed by atoms with Crippen LogP contribution in [0.1, 0.15) is 24.8 Å². The van der Waals surface area contributed by atoms with Crippen molar-refractivity contribution in [2.75, 3.05) is 6.54 Å². The third-order valence-corrected chi connectivity index (χ3v) is 5.12. The van der Waals surface area contributed by atoms with Crippen LogP contribution in [0.2, 0.25) is 0 Å². The van der Waals surface area contributed by atoms with E-state index in [0.29, 0.717) is 12.8 Å². The number of aliphatic hydroxyl groups is 1. The molecule has 1 aromatic rings. The molecule has 2 N–H and O–H groups in total. The van der Waals surface area contributed by atoms with Crippen molar-refractivity contribution in [3.8, 4) is 0 Å². The lowest BCUT2D eigenvalue weighted by molar-refractivity contribution is -0.139. The SMILES string of the molecule is O=S(=O)(NCC1CCCC1O)c1ccccc1C(F)(F)F. The molecule has 1 saturated carbocycles. The van der Waals surface area contributed by atoms with Crippen LogP contribution in [0.15, 0.2) is 29.2 Å². The van der Waals surface area contributed by atoms with Crippen molar-refractivity contribution in [1.82, 2.24) is 4.72 Å². The molecular weight excluding hydrogens is 307 g/mol. The van der Waals surface area contributed by atoms with Crippen molar-refractivity contribution in [2.24, 2.45) is 5.92 Å². The molecule has 0 amide bonds. The summed E-state index contributed by atoms with van der Waals surface area (Å²) >= 11 is 0. The zero-order valence-electron chi connectivity index (χ0n) is 11.1. The number of aliphatic hydroxyl groups excluding tert-OH is 1. The van der Waals surface area contributed by atoms with Gasteiger partial charge < -0.3 is 5.11 Å². The number of nitrogens with one attached hydrogen (secondary N) is 1. The molecule has 8 heteroatoms. The van der Waals surface area contributed by atoms with Crippen LogP contribution >= 0.6 is 0 Å². The molecule has 2 atom stereocenters. The summed E-state index contributed by atoms with van der Waals surface area (Å²) in [4.78, 5) is -0.787. The molecule has 0 aromatic heterocycles. The van der Waals surface area contributed by atoms with Gasteiger partial charge in [0.1, 0.15) is 0 Å². The number of hydrogen-bond acceptors (Lipinski definition) is 3. The predicted molar refractivity (Wildman–Crippen MR) is 70.0 cm³/mol. The van der Waals surface area contributed by atoms with Crippen molar-refractivity contribution >= 4 is 10.0 Å². The topological polar surface area (TPSA) is 66.4 Å². The molecule has 2 unspecified atom stereocenters. The van der Waals surface area contributed by atoms with Crippen LogP contribution < -0.4 is 4.72 Å². The lowest BCUT2D eigenvalue weighted by Crippen LogP contribution is -2.33. The minimum Gasteiger partial charge on any atom is -0.393 e. The largest absolute Gasteiger partial charge is 0.417 e. The molecule has 0 radical (unpaired) electrons. The van der Waals surface area contributed by atoms with Crippen LogP contribution in [0.5, 0.6) is 0 Å². The molecule has 0 heterocycles. The maximum absolute atomic E-state index is 12.8. The summed E-state index contributed by atoms with van der Waals surface area (Å²) in [5, 5.41) is 9.63. The van der Waals surface area contributed by atoms with E-state index in [1.807, 2.05) is 0 Å². The first-order valence-electron chi connectivity index (χ1n) is 6.56. The summed E-state index contributed by atoms with van der Waals surface area (Å²) in [6.07, 6.45) is -3.31. The quantitative estimate of drug-likeness (QED) is 0.892. The fourth-order valence-corrected chi connectivity index (χ4v) is 3.81. The Kier molecular flexibility index (Phi) is 4.60. The van der Waals surface area contributed by atoms with Gasteiger partial charge in [0.15, 0.2) is 0 Å². The number of alkyl halides is 3. The van der Waals surface area contributed by atoms with E-state index < -0.39 is 32.8 Å². The Labute approximate surface area is 121 Å². The van der Waals surface area contributed by atoms with Gasteiger partial charge in [-0.15, -0.1) is 0 Å². The van der Waals surface area contributed by atoms with Crippen LogP contribution in [0, 0.1) is 5.92 Å². The molecule has 2 rings (SSSR count). The Morgan fingerprint density at radius 3 is 2.48 bits per heavy atom. The van der Waals surface area contributed by atoms with Gasteiger partial charge in [0.25, 0.3) is 0 Å². The monoisotopic (exact) mass is 323 g/mol. The van der Waals surface area contributed by atoms with Crippen LogP contribution in [-0.2, 0) is 16.2 Å². The Balaban J connectivity index is 2.20. The van der Waals surface area contributed by atoms with E-state index in [1.165, 1.54) is 6.07 Å². The molecule has 1 aliphatic carbocycles. The second kappa shape index (κ2) is 5.94. The van der Waals surface area contributed by atoms with E-state index in [-0.39, 0.29) is 12.5 Å². The average Bonchev–Trinajstić information content (AvgIpc) is 2.81. The summed E-state index contributed by atoms with van der Waals surface area (Å²) in [5.74, 6) is -0.252. The van der Waals surface area contributed by atoms with Gasteiger partial charge in [-0.25, -0.2) is 13.1 Å². The highest BCUT2D eigenvalue weighted by Gasteiger charge is 2.37. The Hall–Kier alpha value is -1.12. The molecule has 21 heavy (non-hydrogen) atoms. The van der Waals surface area contributed by atoms with E-state index in [9.17, 15) is 26.7 Å². The van der Waals surface area contributed by atoms with Gasteiger partial charge in [-0.2, -0.15) is 13.2 Å². The van der Waals surface area contributed by atoms with E-state index in [2.05, 4.69) is 4.72 Å². The molecule has 0 aliphatic heterocycles. The zero-order chi connectivity index (χ0) is 15.7. The fraction of sp³-hybridized carbons (Fsp3) is 0.538. The fourth-order valence-electron chi connectivity index (χ4n) is 2.49. The molecular formula is C13H16F3NO3S. The summed E-state index contributed by atoms with van der Waals surface area (Å²) < 4.78 is 64.9. The van der Waals surface area contributed by atoms with Crippen molar-refractivity contribution in [1.29, 1.82) is 0 Å². The summed E-state index contributed by atoms with van der Waals surface area (Å²) in [5.41, 5.74) is -1.19. The second-order valence-electron chi connectivity index (χ2n) is 5.10. The standard InChI is InChI=1S/C13H16F3NO3S/c14-13(15,16)10-5-1-2-7-12(10)21(19,20)17-8-9-4-3-6-11(9)18/h1-2,5,7,9,11,17-18H,3-4,6,8H2. The molecule has 1 aromatic carbocycles. The first kappa shape index (κ1) is 16.3. The van der Waals surface area contributed by atoms with E-state index in [1.54, 1.807) is 0 Å². The predicted octanol–water partition coefficient (Wildman–Crippen LogP) is 2.14. The van der Waals surface area contributed by atoms with Gasteiger partial charge in [0, 0.05) is 6.54 Å². The first-order chi connectivity index (χ1) is 9.72. The van der Waals surface area contributed by atoms with Crippen LogP contribution in [0.3, 0.4) is 0 Å². The Bertz CT molecular complexity index is 601. The number of hydrogen-bond donors (Lipinski definition) is 2. The highest BCUT2D eigenvalue weighted by molar-refractivity contribution is 7.89. The molecule has 118 valence electrons. The number of rotatable bonds is 4. The summed E-state index contributed by atoms with van der Waals surface area (Å²) in [6.45, 7) is -0.0598. The third kappa shape index (κ3) is 3.75. The van der Waals surface area contributed by atoms with Crippen LogP contribution in [0.4, 0.5) is 13.2 Å². The second-order valence-corrected chi connectivity index (χ2v) is 6.84. The van der Waals surface area contributed by atoms with E-state index >= 15 is 0 Å². The Morgan fingerprint density at radius 1 is 1.24 bits per heavy atom. The van der Waals surface area contributed by atoms with Gasteiger partial charge >= 0.3 is 6.18 Å². The van der Waals surface area contributed by atoms with Gasteiger partial charge in [-0.05, 0) is 30.9 Å². The third-order valence-electron chi connectivity index (χ3n) is 3.64. The lowest BCUT2D eigenvalue weighted by Gasteiger charge is -2.17. The first-order valence-corrected chi connectivity index (χ1v) is 8.04. The van der Waals surface area contributed by atoms with Gasteiger partial charge in [0.05, 0.1) is 16.6 Å².